The van der Waals surface area contributed by atoms with E-state index in [1.54, 1.807) is 0 Å². The van der Waals surface area contributed by atoms with Gasteiger partial charge in [-0.05, 0) is 56.9 Å². The van der Waals surface area contributed by atoms with Crippen LogP contribution in [0.3, 0.4) is 0 Å². The van der Waals surface area contributed by atoms with Crippen molar-refractivity contribution in [2.75, 3.05) is 13.1 Å². The first-order chi connectivity index (χ1) is 8.76. The Morgan fingerprint density at radius 2 is 1.89 bits per heavy atom. The molecule has 3 atom stereocenters. The lowest BCUT2D eigenvalue weighted by atomic mass is 9.98. The number of hydrogen-bond donors (Lipinski definition) is 1. The molecule has 3 unspecified atom stereocenters. The molecule has 1 N–H and O–H groups in total. The van der Waals surface area contributed by atoms with Crippen LogP contribution >= 0.6 is 0 Å². The van der Waals surface area contributed by atoms with Gasteiger partial charge < -0.3 is 10.1 Å². The highest BCUT2D eigenvalue weighted by Gasteiger charge is 2.41. The third kappa shape index (κ3) is 2.91. The highest BCUT2D eigenvalue weighted by Crippen LogP contribution is 2.43. The molecule has 2 heteroatoms. The van der Waals surface area contributed by atoms with Crippen molar-refractivity contribution >= 4 is 0 Å². The molecule has 0 radical (unpaired) electrons. The minimum atomic E-state index is 0.314. The van der Waals surface area contributed by atoms with Gasteiger partial charge in [-0.3, -0.25) is 0 Å². The van der Waals surface area contributed by atoms with Gasteiger partial charge in [0.15, 0.2) is 0 Å². The van der Waals surface area contributed by atoms with E-state index in [2.05, 4.69) is 12.2 Å². The predicted octanol–water partition coefficient (Wildman–Crippen LogP) is 3.50. The van der Waals surface area contributed by atoms with E-state index in [-0.39, 0.29) is 0 Å². The molecule has 0 aromatic heterocycles. The monoisotopic (exact) mass is 251 g/mol. The second-order valence-electron chi connectivity index (χ2n) is 7.11. The zero-order valence-corrected chi connectivity index (χ0v) is 11.9. The summed E-state index contributed by atoms with van der Waals surface area (Å²) in [7, 11) is 0. The van der Waals surface area contributed by atoms with Crippen molar-refractivity contribution in [3.05, 3.63) is 0 Å². The maximum absolute atomic E-state index is 6.33. The van der Waals surface area contributed by atoms with E-state index in [0.29, 0.717) is 11.7 Å². The quantitative estimate of drug-likeness (QED) is 0.825. The topological polar surface area (TPSA) is 21.3 Å². The average molecular weight is 251 g/mol. The van der Waals surface area contributed by atoms with Crippen LogP contribution < -0.4 is 5.32 Å². The molecule has 1 saturated heterocycles. The van der Waals surface area contributed by atoms with E-state index in [1.165, 1.54) is 64.3 Å². The highest BCUT2D eigenvalue weighted by atomic mass is 16.5. The van der Waals surface area contributed by atoms with Gasteiger partial charge in [-0.2, -0.15) is 0 Å². The van der Waals surface area contributed by atoms with Crippen molar-refractivity contribution in [3.8, 4) is 0 Å². The molecule has 3 aliphatic rings. The van der Waals surface area contributed by atoms with Gasteiger partial charge in [-0.1, -0.05) is 26.2 Å². The van der Waals surface area contributed by atoms with Crippen LogP contribution in [-0.2, 0) is 4.74 Å². The molecule has 2 nitrogen and oxygen atoms in total. The second-order valence-corrected chi connectivity index (χ2v) is 7.11. The standard InChI is InChI=1S/C16H29NO/c1-13-4-5-14(10-13)11-17-12-15-6-9-16(18-15)7-2-3-8-16/h13-15,17H,2-12H2,1H3. The fourth-order valence-corrected chi connectivity index (χ4v) is 4.39. The molecular formula is C16H29NO. The lowest BCUT2D eigenvalue weighted by Gasteiger charge is -2.24. The Kier molecular flexibility index (Phi) is 3.95. The van der Waals surface area contributed by atoms with E-state index < -0.39 is 0 Å². The maximum Gasteiger partial charge on any atom is 0.0708 e. The fraction of sp³-hybridized carbons (Fsp3) is 1.00. The summed E-state index contributed by atoms with van der Waals surface area (Å²) in [5.74, 6) is 1.89. The molecule has 18 heavy (non-hydrogen) atoms. The Morgan fingerprint density at radius 3 is 2.61 bits per heavy atom. The Morgan fingerprint density at radius 1 is 1.06 bits per heavy atom. The van der Waals surface area contributed by atoms with Crippen LogP contribution in [0.15, 0.2) is 0 Å². The molecule has 0 amide bonds. The molecule has 1 aliphatic heterocycles. The normalized spacial score (nSPS) is 38.8. The van der Waals surface area contributed by atoms with Gasteiger partial charge >= 0.3 is 0 Å². The van der Waals surface area contributed by atoms with Gasteiger partial charge in [0.25, 0.3) is 0 Å². The summed E-state index contributed by atoms with van der Waals surface area (Å²) in [6, 6.07) is 0. The summed E-state index contributed by atoms with van der Waals surface area (Å²) in [6.45, 7) is 4.70. The third-order valence-electron chi connectivity index (χ3n) is 5.46. The van der Waals surface area contributed by atoms with Crippen LogP contribution in [0.2, 0.25) is 0 Å². The lowest BCUT2D eigenvalue weighted by Crippen LogP contribution is -2.33. The second kappa shape index (κ2) is 5.50. The summed E-state index contributed by atoms with van der Waals surface area (Å²) >= 11 is 0. The van der Waals surface area contributed by atoms with Crippen molar-refractivity contribution in [1.29, 1.82) is 0 Å². The molecule has 0 aromatic carbocycles. The molecule has 0 bridgehead atoms. The number of hydrogen-bond acceptors (Lipinski definition) is 2. The van der Waals surface area contributed by atoms with Gasteiger partial charge in [0.1, 0.15) is 0 Å². The van der Waals surface area contributed by atoms with Crippen molar-refractivity contribution in [2.45, 2.75) is 76.4 Å². The van der Waals surface area contributed by atoms with Gasteiger partial charge in [-0.25, -0.2) is 0 Å². The molecule has 1 heterocycles. The molecule has 1 spiro atoms. The molecule has 3 rings (SSSR count). The van der Waals surface area contributed by atoms with Crippen molar-refractivity contribution in [1.82, 2.24) is 5.32 Å². The Bertz CT molecular complexity index is 272. The zero-order chi connectivity index (χ0) is 12.4. The van der Waals surface area contributed by atoms with Crippen molar-refractivity contribution in [2.24, 2.45) is 11.8 Å². The SMILES string of the molecule is CC1CCC(CNCC2CCC3(CCCC3)O2)C1. The third-order valence-corrected chi connectivity index (χ3v) is 5.46. The van der Waals surface area contributed by atoms with Gasteiger partial charge in [-0.15, -0.1) is 0 Å². The Labute approximate surface area is 112 Å². The number of nitrogens with one attached hydrogen (secondary N) is 1. The summed E-state index contributed by atoms with van der Waals surface area (Å²) in [4.78, 5) is 0. The lowest BCUT2D eigenvalue weighted by molar-refractivity contribution is -0.0352. The summed E-state index contributed by atoms with van der Waals surface area (Å²) in [5, 5.41) is 3.67. The minimum Gasteiger partial charge on any atom is -0.370 e. The predicted molar refractivity (Wildman–Crippen MR) is 74.7 cm³/mol. The van der Waals surface area contributed by atoms with Crippen LogP contribution in [0, 0.1) is 11.8 Å². The van der Waals surface area contributed by atoms with Gasteiger partial charge in [0.05, 0.1) is 11.7 Å². The van der Waals surface area contributed by atoms with Crippen LogP contribution in [-0.4, -0.2) is 24.8 Å². The van der Waals surface area contributed by atoms with E-state index in [1.807, 2.05) is 0 Å². The first-order valence-corrected chi connectivity index (χ1v) is 8.14. The molecule has 2 saturated carbocycles. The molecule has 3 fully saturated rings. The number of ether oxygens (including phenoxy) is 1. The minimum absolute atomic E-state index is 0.314. The first kappa shape index (κ1) is 12.9. The summed E-state index contributed by atoms with van der Waals surface area (Å²) < 4.78 is 6.33. The molecule has 104 valence electrons. The number of rotatable bonds is 4. The molecular weight excluding hydrogens is 222 g/mol. The Hall–Kier alpha value is -0.0800. The van der Waals surface area contributed by atoms with E-state index in [0.717, 1.165) is 18.4 Å². The Balaban J connectivity index is 1.34. The summed E-state index contributed by atoms with van der Waals surface area (Å²) in [6.07, 6.45) is 12.8. The van der Waals surface area contributed by atoms with Crippen LogP contribution in [0.1, 0.15) is 64.7 Å². The van der Waals surface area contributed by atoms with Crippen LogP contribution in [0.25, 0.3) is 0 Å². The first-order valence-electron chi connectivity index (χ1n) is 8.14. The average Bonchev–Trinajstić information content (AvgIpc) is 3.05. The fourth-order valence-electron chi connectivity index (χ4n) is 4.39. The van der Waals surface area contributed by atoms with Gasteiger partial charge in [0.2, 0.25) is 0 Å². The smallest absolute Gasteiger partial charge is 0.0708 e. The molecule has 0 aromatic rings. The maximum atomic E-state index is 6.33. The highest BCUT2D eigenvalue weighted by molar-refractivity contribution is 4.93. The largest absolute Gasteiger partial charge is 0.370 e. The van der Waals surface area contributed by atoms with E-state index in [9.17, 15) is 0 Å². The zero-order valence-electron chi connectivity index (χ0n) is 11.9. The van der Waals surface area contributed by atoms with E-state index >= 15 is 0 Å². The molecule has 2 aliphatic carbocycles. The van der Waals surface area contributed by atoms with Gasteiger partial charge in [0, 0.05) is 6.54 Å². The van der Waals surface area contributed by atoms with Crippen molar-refractivity contribution < 1.29 is 4.74 Å². The summed E-state index contributed by atoms with van der Waals surface area (Å²) in [5.41, 5.74) is 0.314. The van der Waals surface area contributed by atoms with Crippen LogP contribution in [0.5, 0.6) is 0 Å². The van der Waals surface area contributed by atoms with Crippen LogP contribution in [0.4, 0.5) is 0 Å². The van der Waals surface area contributed by atoms with Crippen molar-refractivity contribution in [3.63, 3.8) is 0 Å². The van der Waals surface area contributed by atoms with E-state index in [4.69, 9.17) is 4.74 Å².